The van der Waals surface area contributed by atoms with Crippen LogP contribution in [0.1, 0.15) is 0 Å². The molecule has 10 rings (SSSR count). The van der Waals surface area contributed by atoms with Crippen molar-refractivity contribution in [3.63, 3.8) is 0 Å². The van der Waals surface area contributed by atoms with Gasteiger partial charge in [0.05, 0.1) is 22.6 Å². The van der Waals surface area contributed by atoms with Crippen LogP contribution >= 0.6 is 0 Å². The van der Waals surface area contributed by atoms with Gasteiger partial charge in [0.25, 0.3) is 0 Å². The third kappa shape index (κ3) is 5.81. The van der Waals surface area contributed by atoms with Crippen LogP contribution < -0.4 is 0 Å². The number of pyridine rings is 2. The summed E-state index contributed by atoms with van der Waals surface area (Å²) >= 11 is 0. The minimum atomic E-state index is 0.932. The Morgan fingerprint density at radius 3 is 1.52 bits per heavy atom. The van der Waals surface area contributed by atoms with Gasteiger partial charge in [-0.1, -0.05) is 170 Å². The molecule has 0 saturated heterocycles. The molecule has 0 amide bonds. The smallest absolute Gasteiger partial charge is 0.0722 e. The molecular weight excluding hydrogens is 653 g/mol. The predicted molar refractivity (Wildman–Crippen MR) is 227 cm³/mol. The van der Waals surface area contributed by atoms with Crippen LogP contribution in [0.25, 0.3) is 99.6 Å². The summed E-state index contributed by atoms with van der Waals surface area (Å²) in [5, 5.41) is 5.96. The second-order valence-corrected chi connectivity index (χ2v) is 13.8. The summed E-state index contributed by atoms with van der Waals surface area (Å²) in [6.45, 7) is 0. The Labute approximate surface area is 314 Å². The lowest BCUT2D eigenvalue weighted by Gasteiger charge is -2.15. The fourth-order valence-electron chi connectivity index (χ4n) is 7.77. The van der Waals surface area contributed by atoms with Gasteiger partial charge in [-0.15, -0.1) is 0 Å². The van der Waals surface area contributed by atoms with E-state index in [1.165, 1.54) is 32.7 Å². The Kier molecular flexibility index (Phi) is 7.85. The third-order valence-electron chi connectivity index (χ3n) is 10.4. The molecular formula is C52H34N2. The SMILES string of the molecule is c1ccc(-c2cc(-c3ccccc3)nc(-c3cccc(-c4cc(-c5cccc6ccccc56)nc5ccc(-c6cccc7ccccc67)cc45)c3)c2)cc1. The first-order valence-corrected chi connectivity index (χ1v) is 18.4. The average molecular weight is 687 g/mol. The van der Waals surface area contributed by atoms with Gasteiger partial charge in [0.2, 0.25) is 0 Å². The van der Waals surface area contributed by atoms with Gasteiger partial charge in [-0.3, -0.25) is 0 Å². The Hall–Kier alpha value is -7.16. The van der Waals surface area contributed by atoms with E-state index in [4.69, 9.17) is 9.97 Å². The van der Waals surface area contributed by atoms with Crippen molar-refractivity contribution in [2.45, 2.75) is 0 Å². The summed E-state index contributed by atoms with van der Waals surface area (Å²) in [7, 11) is 0. The molecule has 0 fully saturated rings. The number of benzene rings is 8. The van der Waals surface area contributed by atoms with E-state index in [1.807, 2.05) is 6.07 Å². The van der Waals surface area contributed by atoms with Crippen molar-refractivity contribution in [1.82, 2.24) is 9.97 Å². The highest BCUT2D eigenvalue weighted by molar-refractivity contribution is 6.04. The van der Waals surface area contributed by atoms with Crippen LogP contribution in [0.4, 0.5) is 0 Å². The van der Waals surface area contributed by atoms with E-state index < -0.39 is 0 Å². The normalized spacial score (nSPS) is 11.3. The molecule has 2 aromatic heterocycles. The minimum absolute atomic E-state index is 0.932. The van der Waals surface area contributed by atoms with Crippen LogP contribution in [-0.4, -0.2) is 9.97 Å². The highest BCUT2D eigenvalue weighted by Gasteiger charge is 2.16. The zero-order chi connectivity index (χ0) is 35.8. The standard InChI is InChI=1S/C52H34N2/c1-3-14-35(15-4-1)42-32-50(38-18-5-2-6-19-38)54-51(33-42)41-23-11-22-39(30-41)47-34-52(46-27-13-21-37-17-8-10-25-44(37)46)53-49-29-28-40(31-48(47)49)45-26-12-20-36-16-7-9-24-43(36)45/h1-34H. The Bertz CT molecular complexity index is 2920. The first-order valence-electron chi connectivity index (χ1n) is 18.4. The summed E-state index contributed by atoms with van der Waals surface area (Å²) < 4.78 is 0. The fraction of sp³-hybridized carbons (Fsp3) is 0. The van der Waals surface area contributed by atoms with E-state index in [2.05, 4.69) is 200 Å². The van der Waals surface area contributed by atoms with Gasteiger partial charge in [0, 0.05) is 22.1 Å². The lowest BCUT2D eigenvalue weighted by atomic mass is 9.92. The summed E-state index contributed by atoms with van der Waals surface area (Å²) in [4.78, 5) is 10.6. The van der Waals surface area contributed by atoms with E-state index >= 15 is 0 Å². The van der Waals surface area contributed by atoms with Gasteiger partial charge in [0.1, 0.15) is 0 Å². The molecule has 2 nitrogen and oxygen atoms in total. The molecule has 252 valence electrons. The lowest BCUT2D eigenvalue weighted by molar-refractivity contribution is 1.32. The minimum Gasteiger partial charge on any atom is -0.248 e. The van der Waals surface area contributed by atoms with E-state index in [1.54, 1.807) is 0 Å². The molecule has 0 saturated carbocycles. The Morgan fingerprint density at radius 2 is 0.778 bits per heavy atom. The molecule has 8 aromatic carbocycles. The van der Waals surface area contributed by atoms with Crippen LogP contribution in [0.3, 0.4) is 0 Å². The van der Waals surface area contributed by atoms with Crippen LogP contribution in [-0.2, 0) is 0 Å². The van der Waals surface area contributed by atoms with E-state index in [0.717, 1.165) is 66.9 Å². The monoisotopic (exact) mass is 686 g/mol. The van der Waals surface area contributed by atoms with E-state index in [-0.39, 0.29) is 0 Å². The number of nitrogens with zero attached hydrogens (tertiary/aromatic N) is 2. The number of fused-ring (bicyclic) bond motifs is 3. The molecule has 0 aliphatic rings. The van der Waals surface area contributed by atoms with Crippen molar-refractivity contribution in [3.8, 4) is 67.2 Å². The quantitative estimate of drug-likeness (QED) is 0.174. The van der Waals surface area contributed by atoms with Crippen molar-refractivity contribution in [2.75, 3.05) is 0 Å². The number of hydrogen-bond acceptors (Lipinski definition) is 2. The van der Waals surface area contributed by atoms with Crippen molar-refractivity contribution >= 4 is 32.4 Å². The van der Waals surface area contributed by atoms with Gasteiger partial charge < -0.3 is 0 Å². The largest absolute Gasteiger partial charge is 0.248 e. The summed E-state index contributed by atoms with van der Waals surface area (Å²) in [6.07, 6.45) is 0. The third-order valence-corrected chi connectivity index (χ3v) is 10.4. The molecule has 54 heavy (non-hydrogen) atoms. The summed E-state index contributed by atoms with van der Waals surface area (Å²) in [5.41, 5.74) is 14.0. The highest BCUT2D eigenvalue weighted by Crippen LogP contribution is 2.39. The van der Waals surface area contributed by atoms with Crippen molar-refractivity contribution in [2.24, 2.45) is 0 Å². The van der Waals surface area contributed by atoms with Crippen LogP contribution in [0.5, 0.6) is 0 Å². The lowest BCUT2D eigenvalue weighted by Crippen LogP contribution is -1.94. The maximum absolute atomic E-state index is 5.34. The Morgan fingerprint density at radius 1 is 0.241 bits per heavy atom. The average Bonchev–Trinajstić information content (AvgIpc) is 3.26. The van der Waals surface area contributed by atoms with Crippen molar-refractivity contribution in [1.29, 1.82) is 0 Å². The topological polar surface area (TPSA) is 25.8 Å². The second-order valence-electron chi connectivity index (χ2n) is 13.8. The summed E-state index contributed by atoms with van der Waals surface area (Å²) in [5.74, 6) is 0. The molecule has 0 spiro atoms. The second kappa shape index (κ2) is 13.4. The van der Waals surface area contributed by atoms with E-state index in [0.29, 0.717) is 0 Å². The van der Waals surface area contributed by atoms with Crippen LogP contribution in [0.2, 0.25) is 0 Å². The maximum atomic E-state index is 5.34. The molecule has 0 atom stereocenters. The fourth-order valence-corrected chi connectivity index (χ4v) is 7.77. The predicted octanol–water partition coefficient (Wildman–Crippen LogP) is 13.9. The molecule has 10 aromatic rings. The number of aromatic nitrogens is 2. The first-order chi connectivity index (χ1) is 26.7. The molecule has 0 aliphatic heterocycles. The first kappa shape index (κ1) is 31.6. The van der Waals surface area contributed by atoms with Gasteiger partial charge in [-0.25, -0.2) is 9.97 Å². The molecule has 2 heteroatoms. The zero-order valence-corrected chi connectivity index (χ0v) is 29.5. The number of rotatable bonds is 6. The van der Waals surface area contributed by atoms with Gasteiger partial charge in [-0.2, -0.15) is 0 Å². The molecule has 0 bridgehead atoms. The summed E-state index contributed by atoms with van der Waals surface area (Å²) in [6, 6.07) is 73.4. The van der Waals surface area contributed by atoms with Crippen molar-refractivity contribution < 1.29 is 0 Å². The van der Waals surface area contributed by atoms with Gasteiger partial charge >= 0.3 is 0 Å². The van der Waals surface area contributed by atoms with Crippen LogP contribution in [0.15, 0.2) is 206 Å². The molecule has 0 aliphatic carbocycles. The molecule has 0 N–H and O–H groups in total. The maximum Gasteiger partial charge on any atom is 0.0722 e. The molecule has 2 heterocycles. The van der Waals surface area contributed by atoms with Crippen LogP contribution in [0, 0.1) is 0 Å². The van der Waals surface area contributed by atoms with Crippen molar-refractivity contribution in [3.05, 3.63) is 206 Å². The molecule has 0 unspecified atom stereocenters. The highest BCUT2D eigenvalue weighted by atomic mass is 14.7. The molecule has 0 radical (unpaired) electrons. The zero-order valence-electron chi connectivity index (χ0n) is 29.5. The number of hydrogen-bond donors (Lipinski definition) is 0. The van der Waals surface area contributed by atoms with Gasteiger partial charge in [0.15, 0.2) is 0 Å². The Balaban J connectivity index is 1.19. The van der Waals surface area contributed by atoms with Gasteiger partial charge in [-0.05, 0) is 91.3 Å². The van der Waals surface area contributed by atoms with E-state index in [9.17, 15) is 0 Å².